The van der Waals surface area contributed by atoms with E-state index < -0.39 is 49.9 Å². The average molecular weight is 478 g/mol. The lowest BCUT2D eigenvalue weighted by molar-refractivity contribution is -0.146. The maximum atomic E-state index is 13.0. The van der Waals surface area contributed by atoms with E-state index >= 15 is 0 Å². The molecule has 0 saturated carbocycles. The van der Waals surface area contributed by atoms with Gasteiger partial charge in [-0.2, -0.15) is 13.2 Å². The number of rotatable bonds is 6. The Bertz CT molecular complexity index is 796. The number of alkyl carbamates (subject to hydrolysis) is 1. The second-order valence-electron chi connectivity index (χ2n) is 10.1. The Hall–Kier alpha value is -2.07. The van der Waals surface area contributed by atoms with Crippen LogP contribution in [0.3, 0.4) is 0 Å². The van der Waals surface area contributed by atoms with Gasteiger partial charge >= 0.3 is 18.2 Å². The summed E-state index contributed by atoms with van der Waals surface area (Å²) in [7, 11) is -1.39. The maximum Gasteiger partial charge on any atom is 0.416 e. The predicted molar refractivity (Wildman–Crippen MR) is 118 cm³/mol. The first-order valence-corrected chi connectivity index (χ1v) is 13.1. The molecule has 0 fully saturated rings. The number of hydrogen-bond acceptors (Lipinski definition) is 5. The molecular formula is C22H34F3NO5Si. The van der Waals surface area contributed by atoms with Gasteiger partial charge in [-0.05, 0) is 56.6 Å². The third kappa shape index (κ3) is 7.81. The van der Waals surface area contributed by atoms with Crippen LogP contribution in [0.5, 0.6) is 0 Å². The number of methoxy groups -OCH3 is 1. The number of alkyl halides is 3. The molecular weight excluding hydrogens is 443 g/mol. The molecule has 1 unspecified atom stereocenters. The van der Waals surface area contributed by atoms with Gasteiger partial charge in [0.1, 0.15) is 11.7 Å². The number of carbonyl (C=O) groups is 2. The number of esters is 1. The Morgan fingerprint density at radius 1 is 0.969 bits per heavy atom. The van der Waals surface area contributed by atoms with Crippen molar-refractivity contribution in [3.8, 4) is 0 Å². The molecule has 1 aromatic carbocycles. The van der Waals surface area contributed by atoms with Gasteiger partial charge in [0, 0.05) is 0 Å². The molecule has 0 aliphatic carbocycles. The van der Waals surface area contributed by atoms with Gasteiger partial charge in [-0.25, -0.2) is 9.59 Å². The fourth-order valence-corrected chi connectivity index (χ4v) is 3.76. The summed E-state index contributed by atoms with van der Waals surface area (Å²) in [6.07, 6.45) is -6.47. The molecule has 0 heterocycles. The van der Waals surface area contributed by atoms with Crippen LogP contribution in [0.15, 0.2) is 24.3 Å². The highest BCUT2D eigenvalue weighted by Crippen LogP contribution is 2.41. The summed E-state index contributed by atoms with van der Waals surface area (Å²) < 4.78 is 55.7. The van der Waals surface area contributed by atoms with Crippen molar-refractivity contribution in [3.05, 3.63) is 35.4 Å². The second kappa shape index (κ2) is 9.82. The molecule has 10 heteroatoms. The number of ether oxygens (including phenoxy) is 2. The lowest BCUT2D eigenvalue weighted by Crippen LogP contribution is -2.52. The van der Waals surface area contributed by atoms with Crippen molar-refractivity contribution in [2.75, 3.05) is 7.11 Å². The minimum atomic E-state index is -4.51. The van der Waals surface area contributed by atoms with Gasteiger partial charge in [-0.3, -0.25) is 0 Å². The van der Waals surface area contributed by atoms with Crippen molar-refractivity contribution in [1.29, 1.82) is 0 Å². The Kier molecular flexibility index (Phi) is 8.58. The van der Waals surface area contributed by atoms with Crippen LogP contribution in [0, 0.1) is 0 Å². The maximum absolute atomic E-state index is 13.0. The second-order valence-corrected chi connectivity index (χ2v) is 14.8. The van der Waals surface area contributed by atoms with Crippen molar-refractivity contribution >= 4 is 20.4 Å². The van der Waals surface area contributed by atoms with Gasteiger partial charge < -0.3 is 19.2 Å². The van der Waals surface area contributed by atoms with Gasteiger partial charge in [0.05, 0.1) is 12.7 Å². The molecule has 1 rings (SSSR count). The number of amides is 1. The van der Waals surface area contributed by atoms with E-state index in [9.17, 15) is 22.8 Å². The van der Waals surface area contributed by atoms with E-state index in [1.807, 2.05) is 33.9 Å². The molecule has 1 N–H and O–H groups in total. The number of benzene rings is 1. The van der Waals surface area contributed by atoms with Gasteiger partial charge in [-0.1, -0.05) is 32.9 Å². The van der Waals surface area contributed by atoms with Crippen LogP contribution in [-0.2, 0) is 24.9 Å². The minimum absolute atomic E-state index is 0.274. The highest BCUT2D eigenvalue weighted by molar-refractivity contribution is 6.74. The molecule has 0 spiro atoms. The molecule has 32 heavy (non-hydrogen) atoms. The molecule has 0 saturated heterocycles. The summed E-state index contributed by atoms with van der Waals surface area (Å²) in [6.45, 7) is 14.8. The topological polar surface area (TPSA) is 73.9 Å². The number of hydrogen-bond donors (Lipinski definition) is 1. The van der Waals surface area contributed by atoms with E-state index in [0.29, 0.717) is 5.56 Å². The van der Waals surface area contributed by atoms with Crippen molar-refractivity contribution in [3.63, 3.8) is 0 Å². The highest BCUT2D eigenvalue weighted by atomic mass is 28.4. The van der Waals surface area contributed by atoms with E-state index in [1.54, 1.807) is 20.8 Å². The summed E-state index contributed by atoms with van der Waals surface area (Å²) in [5.74, 6) is -0.806. The van der Waals surface area contributed by atoms with Crippen LogP contribution >= 0.6 is 0 Å². The smallest absolute Gasteiger partial charge is 0.416 e. The van der Waals surface area contributed by atoms with E-state index in [0.717, 1.165) is 19.2 Å². The lowest BCUT2D eigenvalue weighted by Gasteiger charge is -2.41. The molecule has 0 aliphatic rings. The molecule has 0 radical (unpaired) electrons. The molecule has 6 nitrogen and oxygen atoms in total. The number of carbonyl (C=O) groups excluding carboxylic acids is 2. The first kappa shape index (κ1) is 28.0. The molecule has 182 valence electrons. The average Bonchev–Trinajstić information content (AvgIpc) is 2.61. The number of nitrogens with one attached hydrogen (secondary N) is 1. The van der Waals surface area contributed by atoms with Crippen LogP contribution in [0.2, 0.25) is 18.1 Å². The first-order valence-electron chi connectivity index (χ1n) is 10.2. The normalized spacial score (nSPS) is 15.0. The minimum Gasteiger partial charge on any atom is -0.467 e. The lowest BCUT2D eigenvalue weighted by atomic mass is 10.0. The Labute approximate surface area is 188 Å². The van der Waals surface area contributed by atoms with E-state index in [-0.39, 0.29) is 5.04 Å². The van der Waals surface area contributed by atoms with Gasteiger partial charge in [-0.15, -0.1) is 0 Å². The van der Waals surface area contributed by atoms with Crippen molar-refractivity contribution < 1.29 is 36.7 Å². The SMILES string of the molecule is COC(=O)C(NC(=O)OC(C)(C)C)[C@@H](O[Si](C)(C)C(C)(C)C)c1ccc(C(F)(F)F)cc1. The summed E-state index contributed by atoms with van der Waals surface area (Å²) in [4.78, 5) is 25.1. The predicted octanol–water partition coefficient (Wildman–Crippen LogP) is 5.83. The zero-order valence-corrected chi connectivity index (χ0v) is 21.1. The van der Waals surface area contributed by atoms with Crippen molar-refractivity contribution in [2.45, 2.75) is 83.6 Å². The highest BCUT2D eigenvalue weighted by Gasteiger charge is 2.44. The molecule has 0 aromatic heterocycles. The first-order chi connectivity index (χ1) is 14.3. The van der Waals surface area contributed by atoms with Crippen LogP contribution in [0.1, 0.15) is 58.8 Å². The zero-order valence-electron chi connectivity index (χ0n) is 20.1. The summed E-state index contributed by atoms with van der Waals surface area (Å²) in [5.41, 5.74) is -1.36. The van der Waals surface area contributed by atoms with E-state index in [1.165, 1.54) is 12.1 Å². The van der Waals surface area contributed by atoms with E-state index in [2.05, 4.69) is 5.32 Å². The number of halogens is 3. The Balaban J connectivity index is 3.48. The van der Waals surface area contributed by atoms with Gasteiger partial charge in [0.2, 0.25) is 0 Å². The molecule has 0 bridgehead atoms. The standard InChI is InChI=1S/C22H34F3NO5Si/c1-20(2,3)30-19(28)26-16(18(27)29-7)17(31-32(8,9)21(4,5)6)14-10-12-15(13-11-14)22(23,24)25/h10-13,16-17H,1-9H3,(H,26,28)/t16?,17-/m0/s1. The Morgan fingerprint density at radius 3 is 1.84 bits per heavy atom. The monoisotopic (exact) mass is 477 g/mol. The van der Waals surface area contributed by atoms with Crippen LogP contribution in [-0.4, -0.2) is 39.1 Å². The summed E-state index contributed by atoms with van der Waals surface area (Å²) in [6, 6.07) is 2.99. The Morgan fingerprint density at radius 2 is 1.47 bits per heavy atom. The van der Waals surface area contributed by atoms with Crippen molar-refractivity contribution in [2.24, 2.45) is 0 Å². The fraction of sp³-hybridized carbons (Fsp3) is 0.636. The van der Waals surface area contributed by atoms with Gasteiger partial charge in [0.25, 0.3) is 0 Å². The quantitative estimate of drug-likeness (QED) is 0.412. The molecule has 1 amide bonds. The third-order valence-corrected chi connectivity index (χ3v) is 9.68. The van der Waals surface area contributed by atoms with Crippen LogP contribution in [0.4, 0.5) is 18.0 Å². The van der Waals surface area contributed by atoms with Crippen molar-refractivity contribution in [1.82, 2.24) is 5.32 Å². The third-order valence-electron chi connectivity index (χ3n) is 5.22. The van der Waals surface area contributed by atoms with Crippen LogP contribution in [0.25, 0.3) is 0 Å². The summed E-state index contributed by atoms with van der Waals surface area (Å²) >= 11 is 0. The molecule has 1 aromatic rings. The molecule has 2 atom stereocenters. The summed E-state index contributed by atoms with van der Waals surface area (Å²) in [5, 5.41) is 2.21. The fourth-order valence-electron chi connectivity index (χ4n) is 2.50. The van der Waals surface area contributed by atoms with Gasteiger partial charge in [0.15, 0.2) is 14.4 Å². The van der Waals surface area contributed by atoms with Crippen LogP contribution < -0.4 is 5.32 Å². The van der Waals surface area contributed by atoms with E-state index in [4.69, 9.17) is 13.9 Å². The zero-order chi connectivity index (χ0) is 25.1. The molecule has 0 aliphatic heterocycles. The largest absolute Gasteiger partial charge is 0.467 e.